The summed E-state index contributed by atoms with van der Waals surface area (Å²) in [4.78, 5) is 2.65. The van der Waals surface area contributed by atoms with Gasteiger partial charge in [0.15, 0.2) is 0 Å². The molecule has 3 rings (SSSR count). The van der Waals surface area contributed by atoms with Gasteiger partial charge in [-0.25, -0.2) is 13.1 Å². The Kier molecular flexibility index (Phi) is 5.10. The number of nitrogens with one attached hydrogen (secondary N) is 1. The van der Waals surface area contributed by atoms with Crippen LogP contribution >= 0.6 is 0 Å². The average molecular weight is 330 g/mol. The lowest BCUT2D eigenvalue weighted by Gasteiger charge is -2.16. The Morgan fingerprint density at radius 2 is 1.65 bits per heavy atom. The summed E-state index contributed by atoms with van der Waals surface area (Å²) in [5, 5.41) is 0. The zero-order valence-corrected chi connectivity index (χ0v) is 13.9. The van der Waals surface area contributed by atoms with E-state index in [0.29, 0.717) is 17.4 Å². The average Bonchev–Trinajstić information content (AvgIpc) is 3.05. The highest BCUT2D eigenvalue weighted by Crippen LogP contribution is 2.26. The van der Waals surface area contributed by atoms with Crippen molar-refractivity contribution in [2.75, 3.05) is 26.2 Å². The lowest BCUT2D eigenvalue weighted by molar-refractivity contribution is 0.339. The van der Waals surface area contributed by atoms with Crippen LogP contribution in [-0.2, 0) is 10.0 Å². The summed E-state index contributed by atoms with van der Waals surface area (Å²) in [6, 6.07) is 19.0. The van der Waals surface area contributed by atoms with Crippen molar-refractivity contribution in [1.29, 1.82) is 0 Å². The Morgan fingerprint density at radius 3 is 2.35 bits per heavy atom. The monoisotopic (exact) mass is 330 g/mol. The van der Waals surface area contributed by atoms with Crippen LogP contribution in [0.15, 0.2) is 65.6 Å². The van der Waals surface area contributed by atoms with E-state index in [-0.39, 0.29) is 0 Å². The standard InChI is InChI=1S/C18H22N2O2S/c21-23(22,18-9-5-2-6-10-18)19-12-14-20-13-11-17(15-20)16-7-3-1-4-8-16/h1-10,17,19H,11-15H2/t17-/m0/s1. The van der Waals surface area contributed by atoms with Crippen LogP contribution in [0.2, 0.25) is 0 Å². The van der Waals surface area contributed by atoms with E-state index >= 15 is 0 Å². The highest BCUT2D eigenvalue weighted by atomic mass is 32.2. The van der Waals surface area contributed by atoms with E-state index in [1.54, 1.807) is 24.3 Å². The lowest BCUT2D eigenvalue weighted by atomic mass is 9.99. The minimum atomic E-state index is -3.39. The van der Waals surface area contributed by atoms with E-state index in [0.717, 1.165) is 26.1 Å². The molecule has 4 nitrogen and oxygen atoms in total. The molecule has 0 saturated carbocycles. The maximum absolute atomic E-state index is 12.2. The Bertz CT molecular complexity index is 717. The summed E-state index contributed by atoms with van der Waals surface area (Å²) in [6.45, 7) is 3.21. The molecule has 122 valence electrons. The summed E-state index contributed by atoms with van der Waals surface area (Å²) in [5.41, 5.74) is 1.37. The van der Waals surface area contributed by atoms with Crippen LogP contribution in [0, 0.1) is 0 Å². The van der Waals surface area contributed by atoms with Gasteiger partial charge in [0.1, 0.15) is 0 Å². The molecule has 0 bridgehead atoms. The third kappa shape index (κ3) is 4.19. The number of likely N-dealkylation sites (tertiary alicyclic amines) is 1. The second kappa shape index (κ2) is 7.25. The first-order valence-electron chi connectivity index (χ1n) is 7.97. The number of hydrogen-bond acceptors (Lipinski definition) is 3. The Balaban J connectivity index is 1.49. The fourth-order valence-corrected chi connectivity index (χ4v) is 4.10. The van der Waals surface area contributed by atoms with Gasteiger partial charge in [-0.15, -0.1) is 0 Å². The van der Waals surface area contributed by atoms with Gasteiger partial charge in [0.25, 0.3) is 0 Å². The molecule has 0 unspecified atom stereocenters. The Morgan fingerprint density at radius 1 is 1.00 bits per heavy atom. The number of nitrogens with zero attached hydrogens (tertiary/aromatic N) is 1. The van der Waals surface area contributed by atoms with Gasteiger partial charge in [-0.1, -0.05) is 48.5 Å². The van der Waals surface area contributed by atoms with E-state index in [1.807, 2.05) is 12.1 Å². The molecular weight excluding hydrogens is 308 g/mol. The van der Waals surface area contributed by atoms with Crippen LogP contribution in [0.3, 0.4) is 0 Å². The first kappa shape index (κ1) is 16.2. The molecule has 1 atom stereocenters. The van der Waals surface area contributed by atoms with Crippen molar-refractivity contribution in [3.63, 3.8) is 0 Å². The fourth-order valence-electron chi connectivity index (χ4n) is 3.05. The maximum Gasteiger partial charge on any atom is 0.240 e. The zero-order chi connectivity index (χ0) is 16.1. The van der Waals surface area contributed by atoms with Crippen molar-refractivity contribution in [1.82, 2.24) is 9.62 Å². The topological polar surface area (TPSA) is 49.4 Å². The van der Waals surface area contributed by atoms with E-state index in [2.05, 4.69) is 33.9 Å². The molecule has 2 aromatic carbocycles. The molecule has 1 aliphatic rings. The van der Waals surface area contributed by atoms with Crippen LogP contribution < -0.4 is 4.72 Å². The zero-order valence-electron chi connectivity index (χ0n) is 13.1. The van der Waals surface area contributed by atoms with Gasteiger partial charge in [0.2, 0.25) is 10.0 Å². The number of sulfonamides is 1. The summed E-state index contributed by atoms with van der Waals surface area (Å²) in [5.74, 6) is 0.557. The molecule has 0 radical (unpaired) electrons. The molecular formula is C18H22N2O2S. The van der Waals surface area contributed by atoms with Gasteiger partial charge in [-0.2, -0.15) is 0 Å². The van der Waals surface area contributed by atoms with Crippen LogP contribution in [-0.4, -0.2) is 39.5 Å². The van der Waals surface area contributed by atoms with Crippen molar-refractivity contribution in [2.45, 2.75) is 17.2 Å². The number of hydrogen-bond donors (Lipinski definition) is 1. The first-order chi connectivity index (χ1) is 11.1. The van der Waals surface area contributed by atoms with Crippen LogP contribution in [0.5, 0.6) is 0 Å². The highest BCUT2D eigenvalue weighted by molar-refractivity contribution is 7.89. The molecule has 23 heavy (non-hydrogen) atoms. The predicted octanol–water partition coefficient (Wildman–Crippen LogP) is 2.45. The predicted molar refractivity (Wildman–Crippen MR) is 91.9 cm³/mol. The number of benzene rings is 2. The third-order valence-electron chi connectivity index (χ3n) is 4.32. The fraction of sp³-hybridized carbons (Fsp3) is 0.333. The second-order valence-corrected chi connectivity index (χ2v) is 7.67. The highest BCUT2D eigenvalue weighted by Gasteiger charge is 2.23. The molecule has 1 aliphatic heterocycles. The van der Waals surface area contributed by atoms with Crippen LogP contribution in [0.25, 0.3) is 0 Å². The molecule has 1 heterocycles. The minimum absolute atomic E-state index is 0.323. The summed E-state index contributed by atoms with van der Waals surface area (Å²) < 4.78 is 27.0. The maximum atomic E-state index is 12.2. The van der Waals surface area contributed by atoms with Crippen LogP contribution in [0.4, 0.5) is 0 Å². The molecule has 0 aromatic heterocycles. The molecule has 1 saturated heterocycles. The second-order valence-electron chi connectivity index (χ2n) is 5.91. The van der Waals surface area contributed by atoms with Crippen LogP contribution in [0.1, 0.15) is 17.9 Å². The smallest absolute Gasteiger partial charge is 0.240 e. The van der Waals surface area contributed by atoms with Gasteiger partial charge >= 0.3 is 0 Å². The number of rotatable bonds is 6. The summed E-state index contributed by atoms with van der Waals surface area (Å²) >= 11 is 0. The third-order valence-corrected chi connectivity index (χ3v) is 5.79. The van der Waals surface area contributed by atoms with Gasteiger partial charge in [-0.05, 0) is 36.6 Å². The van der Waals surface area contributed by atoms with Gasteiger partial charge in [-0.3, -0.25) is 0 Å². The van der Waals surface area contributed by atoms with Crippen molar-refractivity contribution >= 4 is 10.0 Å². The Labute approximate surface area is 138 Å². The van der Waals surface area contributed by atoms with Crippen molar-refractivity contribution in [2.24, 2.45) is 0 Å². The van der Waals surface area contributed by atoms with Crippen molar-refractivity contribution in [3.8, 4) is 0 Å². The van der Waals surface area contributed by atoms with Crippen molar-refractivity contribution in [3.05, 3.63) is 66.2 Å². The van der Waals surface area contributed by atoms with Gasteiger partial charge in [0.05, 0.1) is 4.90 Å². The summed E-state index contributed by atoms with van der Waals surface area (Å²) in [6.07, 6.45) is 1.13. The van der Waals surface area contributed by atoms with E-state index in [1.165, 1.54) is 5.56 Å². The van der Waals surface area contributed by atoms with E-state index in [4.69, 9.17) is 0 Å². The molecule has 5 heteroatoms. The quantitative estimate of drug-likeness (QED) is 0.885. The Hall–Kier alpha value is -1.69. The van der Waals surface area contributed by atoms with Gasteiger partial charge < -0.3 is 4.90 Å². The largest absolute Gasteiger partial charge is 0.301 e. The van der Waals surface area contributed by atoms with E-state index < -0.39 is 10.0 Å². The van der Waals surface area contributed by atoms with Crippen molar-refractivity contribution < 1.29 is 8.42 Å². The minimum Gasteiger partial charge on any atom is -0.301 e. The first-order valence-corrected chi connectivity index (χ1v) is 9.45. The lowest BCUT2D eigenvalue weighted by Crippen LogP contribution is -2.33. The SMILES string of the molecule is O=S(=O)(NCCN1CC[C@H](c2ccccc2)C1)c1ccccc1. The molecule has 0 aliphatic carbocycles. The molecule has 1 fully saturated rings. The molecule has 1 N–H and O–H groups in total. The molecule has 2 aromatic rings. The van der Waals surface area contributed by atoms with E-state index in [9.17, 15) is 8.42 Å². The molecule has 0 amide bonds. The van der Waals surface area contributed by atoms with Gasteiger partial charge in [0, 0.05) is 19.6 Å². The summed E-state index contributed by atoms with van der Waals surface area (Å²) in [7, 11) is -3.39. The molecule has 0 spiro atoms. The normalized spacial score (nSPS) is 19.0.